The fourth-order valence-electron chi connectivity index (χ4n) is 3.13. The molecule has 1 aliphatic rings. The average molecular weight is 334 g/mol. The summed E-state index contributed by atoms with van der Waals surface area (Å²) < 4.78 is 11.8. The van der Waals surface area contributed by atoms with Gasteiger partial charge in [-0.25, -0.2) is 0 Å². The van der Waals surface area contributed by atoms with Gasteiger partial charge in [0.2, 0.25) is 0 Å². The SMILES string of the molecule is COc1ccccc1O[C@@H]1CCN(C)C[C@H]1c1ccccc1.Cl. The summed E-state index contributed by atoms with van der Waals surface area (Å²) in [6.45, 7) is 2.08. The lowest BCUT2D eigenvalue weighted by Gasteiger charge is -2.37. The quantitative estimate of drug-likeness (QED) is 0.844. The van der Waals surface area contributed by atoms with Gasteiger partial charge in [0.05, 0.1) is 7.11 Å². The maximum atomic E-state index is 6.34. The molecule has 3 rings (SSSR count). The highest BCUT2D eigenvalue weighted by Crippen LogP contribution is 2.34. The zero-order valence-corrected chi connectivity index (χ0v) is 14.5. The van der Waals surface area contributed by atoms with Crippen molar-refractivity contribution in [3.05, 3.63) is 60.2 Å². The Balaban J connectivity index is 0.00000192. The summed E-state index contributed by atoms with van der Waals surface area (Å²) in [5.74, 6) is 2.01. The van der Waals surface area contributed by atoms with Crippen molar-refractivity contribution in [2.45, 2.75) is 18.4 Å². The second-order valence-electron chi connectivity index (χ2n) is 5.88. The van der Waals surface area contributed by atoms with Crippen LogP contribution in [0.25, 0.3) is 0 Å². The molecular weight excluding hydrogens is 310 g/mol. The highest BCUT2D eigenvalue weighted by Gasteiger charge is 2.31. The highest BCUT2D eigenvalue weighted by atomic mass is 35.5. The Morgan fingerprint density at radius 3 is 2.30 bits per heavy atom. The number of likely N-dealkylation sites (tertiary alicyclic amines) is 1. The topological polar surface area (TPSA) is 21.7 Å². The van der Waals surface area contributed by atoms with E-state index in [0.717, 1.165) is 31.0 Å². The predicted molar refractivity (Wildman–Crippen MR) is 96.0 cm³/mol. The first-order chi connectivity index (χ1) is 10.8. The number of halogens is 1. The molecule has 0 aromatic heterocycles. The van der Waals surface area contributed by atoms with Crippen LogP contribution in [0.2, 0.25) is 0 Å². The first-order valence-electron chi connectivity index (χ1n) is 7.81. The fourth-order valence-corrected chi connectivity index (χ4v) is 3.13. The molecule has 0 aliphatic carbocycles. The van der Waals surface area contributed by atoms with E-state index in [1.165, 1.54) is 5.56 Å². The Morgan fingerprint density at radius 2 is 1.61 bits per heavy atom. The van der Waals surface area contributed by atoms with Crippen LogP contribution < -0.4 is 9.47 Å². The lowest BCUT2D eigenvalue weighted by molar-refractivity contribution is 0.0876. The van der Waals surface area contributed by atoms with Gasteiger partial charge in [0.1, 0.15) is 6.10 Å². The van der Waals surface area contributed by atoms with E-state index >= 15 is 0 Å². The summed E-state index contributed by atoms with van der Waals surface area (Å²) in [5, 5.41) is 0. The largest absolute Gasteiger partial charge is 0.493 e. The Labute approximate surface area is 144 Å². The van der Waals surface area contributed by atoms with Crippen molar-refractivity contribution in [2.75, 3.05) is 27.2 Å². The Morgan fingerprint density at radius 1 is 0.957 bits per heavy atom. The van der Waals surface area contributed by atoms with Crippen LogP contribution in [-0.2, 0) is 0 Å². The summed E-state index contributed by atoms with van der Waals surface area (Å²) in [5.41, 5.74) is 1.34. The molecule has 0 N–H and O–H groups in total. The van der Waals surface area contributed by atoms with E-state index in [0.29, 0.717) is 5.92 Å². The number of piperidine rings is 1. The van der Waals surface area contributed by atoms with Gasteiger partial charge in [-0.1, -0.05) is 42.5 Å². The first kappa shape index (κ1) is 17.6. The minimum absolute atomic E-state index is 0. The molecule has 0 saturated carbocycles. The molecule has 0 amide bonds. The molecule has 1 aliphatic heterocycles. The molecule has 2 aromatic carbocycles. The Kier molecular flexibility index (Phi) is 6.31. The summed E-state index contributed by atoms with van der Waals surface area (Å²) in [4.78, 5) is 2.37. The second-order valence-corrected chi connectivity index (χ2v) is 5.88. The van der Waals surface area contributed by atoms with Crippen molar-refractivity contribution < 1.29 is 9.47 Å². The standard InChI is InChI=1S/C19H23NO2.ClH/c1-20-13-12-17(16(14-20)15-8-4-3-5-9-15)22-19-11-7-6-10-18(19)21-2;/h3-11,16-17H,12-14H2,1-2H3;1H/t16-,17+;/m0./s1. The normalized spacial score (nSPS) is 21.3. The number of rotatable bonds is 4. The molecule has 2 atom stereocenters. The van der Waals surface area contributed by atoms with Crippen LogP contribution >= 0.6 is 12.4 Å². The number of methoxy groups -OCH3 is 1. The van der Waals surface area contributed by atoms with Gasteiger partial charge in [-0.05, 0) is 31.2 Å². The van der Waals surface area contributed by atoms with E-state index in [1.807, 2.05) is 24.3 Å². The number of benzene rings is 2. The number of hydrogen-bond donors (Lipinski definition) is 0. The van der Waals surface area contributed by atoms with E-state index in [2.05, 4.69) is 42.3 Å². The maximum absolute atomic E-state index is 6.34. The number of hydrogen-bond acceptors (Lipinski definition) is 3. The van der Waals surface area contributed by atoms with Crippen molar-refractivity contribution in [3.63, 3.8) is 0 Å². The van der Waals surface area contributed by atoms with Crippen LogP contribution in [0.5, 0.6) is 11.5 Å². The zero-order chi connectivity index (χ0) is 15.4. The lowest BCUT2D eigenvalue weighted by atomic mass is 9.88. The van der Waals surface area contributed by atoms with E-state index in [-0.39, 0.29) is 18.5 Å². The fraction of sp³-hybridized carbons (Fsp3) is 0.368. The number of para-hydroxylation sites is 2. The Bertz CT molecular complexity index is 605. The molecule has 3 nitrogen and oxygen atoms in total. The molecule has 23 heavy (non-hydrogen) atoms. The van der Waals surface area contributed by atoms with Crippen LogP contribution in [0.1, 0.15) is 17.9 Å². The van der Waals surface area contributed by atoms with Crippen LogP contribution in [0.3, 0.4) is 0 Å². The van der Waals surface area contributed by atoms with Crippen molar-refractivity contribution in [1.29, 1.82) is 0 Å². The maximum Gasteiger partial charge on any atom is 0.161 e. The third kappa shape index (κ3) is 4.18. The summed E-state index contributed by atoms with van der Waals surface area (Å²) >= 11 is 0. The van der Waals surface area contributed by atoms with Gasteiger partial charge in [-0.3, -0.25) is 0 Å². The molecule has 4 heteroatoms. The number of ether oxygens (including phenoxy) is 2. The van der Waals surface area contributed by atoms with Crippen LogP contribution in [0.15, 0.2) is 54.6 Å². The monoisotopic (exact) mass is 333 g/mol. The Hall–Kier alpha value is -1.71. The molecule has 0 unspecified atom stereocenters. The van der Waals surface area contributed by atoms with E-state index in [9.17, 15) is 0 Å². The molecule has 1 heterocycles. The van der Waals surface area contributed by atoms with Gasteiger partial charge >= 0.3 is 0 Å². The van der Waals surface area contributed by atoms with Crippen molar-refractivity contribution in [3.8, 4) is 11.5 Å². The molecule has 0 spiro atoms. The van der Waals surface area contributed by atoms with E-state index in [1.54, 1.807) is 7.11 Å². The third-order valence-electron chi connectivity index (χ3n) is 4.33. The van der Waals surface area contributed by atoms with Gasteiger partial charge in [0.15, 0.2) is 11.5 Å². The van der Waals surface area contributed by atoms with E-state index < -0.39 is 0 Å². The van der Waals surface area contributed by atoms with Gasteiger partial charge in [0.25, 0.3) is 0 Å². The van der Waals surface area contributed by atoms with Crippen LogP contribution in [0, 0.1) is 0 Å². The van der Waals surface area contributed by atoms with Crippen molar-refractivity contribution in [1.82, 2.24) is 4.90 Å². The minimum atomic E-state index is 0. The van der Waals surface area contributed by atoms with E-state index in [4.69, 9.17) is 9.47 Å². The first-order valence-corrected chi connectivity index (χ1v) is 7.81. The van der Waals surface area contributed by atoms with Crippen LogP contribution in [-0.4, -0.2) is 38.3 Å². The zero-order valence-electron chi connectivity index (χ0n) is 13.6. The molecule has 2 aromatic rings. The molecule has 0 bridgehead atoms. The highest BCUT2D eigenvalue weighted by molar-refractivity contribution is 5.85. The molecular formula is C19H24ClNO2. The van der Waals surface area contributed by atoms with Crippen LogP contribution in [0.4, 0.5) is 0 Å². The number of likely N-dealkylation sites (N-methyl/N-ethyl adjacent to an activating group) is 1. The summed E-state index contributed by atoms with van der Waals surface area (Å²) in [6, 6.07) is 18.5. The minimum Gasteiger partial charge on any atom is -0.493 e. The molecule has 124 valence electrons. The summed E-state index contributed by atoms with van der Waals surface area (Å²) in [6.07, 6.45) is 1.20. The smallest absolute Gasteiger partial charge is 0.161 e. The summed E-state index contributed by atoms with van der Waals surface area (Å²) in [7, 11) is 3.86. The second kappa shape index (κ2) is 8.23. The lowest BCUT2D eigenvalue weighted by Crippen LogP contribution is -2.42. The third-order valence-corrected chi connectivity index (χ3v) is 4.33. The van der Waals surface area contributed by atoms with Gasteiger partial charge in [-0.2, -0.15) is 0 Å². The van der Waals surface area contributed by atoms with Gasteiger partial charge in [0, 0.05) is 19.0 Å². The average Bonchev–Trinajstić information content (AvgIpc) is 2.58. The molecule has 1 saturated heterocycles. The van der Waals surface area contributed by atoms with Crippen molar-refractivity contribution in [2.24, 2.45) is 0 Å². The van der Waals surface area contributed by atoms with Gasteiger partial charge < -0.3 is 14.4 Å². The predicted octanol–water partition coefficient (Wildman–Crippen LogP) is 3.98. The van der Waals surface area contributed by atoms with Gasteiger partial charge in [-0.15, -0.1) is 12.4 Å². The molecule has 0 radical (unpaired) electrons. The van der Waals surface area contributed by atoms with Crippen molar-refractivity contribution >= 4 is 12.4 Å². The number of nitrogens with zero attached hydrogens (tertiary/aromatic N) is 1. The molecule has 1 fully saturated rings.